The first-order valence-corrected chi connectivity index (χ1v) is 7.93. The van der Waals surface area contributed by atoms with Crippen LogP contribution in [0.2, 0.25) is 0 Å². The van der Waals surface area contributed by atoms with E-state index < -0.39 is 0 Å². The van der Waals surface area contributed by atoms with Crippen LogP contribution in [0.15, 0.2) is 24.8 Å². The molecule has 0 amide bonds. The van der Waals surface area contributed by atoms with Gasteiger partial charge in [0.2, 0.25) is 0 Å². The van der Waals surface area contributed by atoms with Gasteiger partial charge in [0.15, 0.2) is 0 Å². The minimum atomic E-state index is 0.418. The third kappa shape index (κ3) is 2.83. The van der Waals surface area contributed by atoms with Crippen molar-refractivity contribution in [2.45, 2.75) is 37.8 Å². The summed E-state index contributed by atoms with van der Waals surface area (Å²) in [7, 11) is 1.95. The van der Waals surface area contributed by atoms with Gasteiger partial charge < -0.3 is 9.64 Å². The molecule has 0 aromatic carbocycles. The van der Waals surface area contributed by atoms with Crippen LogP contribution < -0.4 is 4.90 Å². The van der Waals surface area contributed by atoms with Crippen molar-refractivity contribution >= 4 is 5.82 Å². The van der Waals surface area contributed by atoms with Gasteiger partial charge in [0.05, 0.1) is 18.5 Å². The van der Waals surface area contributed by atoms with E-state index in [-0.39, 0.29) is 0 Å². The fraction of sp³-hybridized carbons (Fsp3) is 0.562. The van der Waals surface area contributed by atoms with E-state index in [1.807, 2.05) is 17.9 Å². The van der Waals surface area contributed by atoms with E-state index in [0.717, 1.165) is 37.7 Å². The molecule has 4 rings (SSSR count). The zero-order chi connectivity index (χ0) is 14.9. The van der Waals surface area contributed by atoms with Gasteiger partial charge in [0.1, 0.15) is 12.1 Å². The zero-order valence-corrected chi connectivity index (χ0v) is 12.9. The van der Waals surface area contributed by atoms with Crippen molar-refractivity contribution in [1.29, 1.82) is 0 Å². The van der Waals surface area contributed by atoms with E-state index in [4.69, 9.17) is 4.74 Å². The van der Waals surface area contributed by atoms with Gasteiger partial charge >= 0.3 is 0 Å². The highest BCUT2D eigenvalue weighted by Crippen LogP contribution is 2.33. The summed E-state index contributed by atoms with van der Waals surface area (Å²) in [4.78, 5) is 11.4. The molecule has 1 saturated carbocycles. The normalized spacial score (nSPS) is 21.2. The SMILES string of the molecule is Cn1cc(CN(c2cc(C3CCOC3)ncn2)C2CC2)cn1. The van der Waals surface area contributed by atoms with E-state index >= 15 is 0 Å². The van der Waals surface area contributed by atoms with Crippen molar-refractivity contribution in [2.75, 3.05) is 18.1 Å². The Bertz CT molecular complexity index is 645. The second-order valence-corrected chi connectivity index (χ2v) is 6.24. The molecule has 0 bridgehead atoms. The van der Waals surface area contributed by atoms with Crippen LogP contribution in [-0.2, 0) is 18.3 Å². The number of nitrogens with zero attached hydrogens (tertiary/aromatic N) is 5. The monoisotopic (exact) mass is 299 g/mol. The standard InChI is InChI=1S/C16H21N5O/c1-20-8-12(7-19-20)9-21(14-2-3-14)16-6-15(17-11-18-16)13-4-5-22-10-13/h6-8,11,13-14H,2-5,9-10H2,1H3. The molecule has 0 spiro atoms. The highest BCUT2D eigenvalue weighted by molar-refractivity contribution is 5.43. The minimum absolute atomic E-state index is 0.418. The van der Waals surface area contributed by atoms with Gasteiger partial charge in [-0.2, -0.15) is 5.10 Å². The number of hydrogen-bond acceptors (Lipinski definition) is 5. The maximum Gasteiger partial charge on any atom is 0.132 e. The van der Waals surface area contributed by atoms with Crippen LogP contribution >= 0.6 is 0 Å². The number of hydrogen-bond donors (Lipinski definition) is 0. The molecule has 116 valence electrons. The highest BCUT2D eigenvalue weighted by atomic mass is 16.5. The molecule has 2 aromatic rings. The van der Waals surface area contributed by atoms with E-state index in [2.05, 4.69) is 32.2 Å². The topological polar surface area (TPSA) is 56.1 Å². The van der Waals surface area contributed by atoms with Crippen molar-refractivity contribution in [3.63, 3.8) is 0 Å². The van der Waals surface area contributed by atoms with Crippen LogP contribution in [0.25, 0.3) is 0 Å². The molecule has 6 heteroatoms. The fourth-order valence-electron chi connectivity index (χ4n) is 3.04. The molecular formula is C16H21N5O. The van der Waals surface area contributed by atoms with Crippen molar-refractivity contribution < 1.29 is 4.74 Å². The first-order chi connectivity index (χ1) is 10.8. The molecular weight excluding hydrogens is 278 g/mol. The van der Waals surface area contributed by atoms with Gasteiger partial charge in [-0.25, -0.2) is 9.97 Å². The van der Waals surface area contributed by atoms with Gasteiger partial charge in [0.25, 0.3) is 0 Å². The molecule has 2 aliphatic rings. The Hall–Kier alpha value is -1.95. The van der Waals surface area contributed by atoms with Gasteiger partial charge in [0, 0.05) is 50.0 Å². The van der Waals surface area contributed by atoms with Crippen LogP contribution in [-0.4, -0.2) is 39.0 Å². The second-order valence-electron chi connectivity index (χ2n) is 6.24. The second kappa shape index (κ2) is 5.68. The summed E-state index contributed by atoms with van der Waals surface area (Å²) < 4.78 is 7.33. The van der Waals surface area contributed by atoms with Crippen LogP contribution in [0.1, 0.15) is 36.4 Å². The predicted octanol–water partition coefficient (Wildman–Crippen LogP) is 1.88. The lowest BCUT2D eigenvalue weighted by molar-refractivity contribution is 0.193. The summed E-state index contributed by atoms with van der Waals surface area (Å²) in [6, 6.07) is 2.75. The minimum Gasteiger partial charge on any atom is -0.381 e. The first kappa shape index (κ1) is 13.7. The summed E-state index contributed by atoms with van der Waals surface area (Å²) in [6.07, 6.45) is 9.24. The highest BCUT2D eigenvalue weighted by Gasteiger charge is 2.31. The average Bonchev–Trinajstić information content (AvgIpc) is 3.06. The quantitative estimate of drug-likeness (QED) is 0.844. The summed E-state index contributed by atoms with van der Waals surface area (Å²) >= 11 is 0. The summed E-state index contributed by atoms with van der Waals surface area (Å²) in [5.74, 6) is 1.45. The lowest BCUT2D eigenvalue weighted by atomic mass is 10.0. The van der Waals surface area contributed by atoms with Crippen molar-refractivity contribution in [3.05, 3.63) is 36.0 Å². The third-order valence-electron chi connectivity index (χ3n) is 4.41. The molecule has 0 N–H and O–H groups in total. The average molecular weight is 299 g/mol. The Morgan fingerprint density at radius 3 is 2.91 bits per heavy atom. The molecule has 1 aliphatic carbocycles. The third-order valence-corrected chi connectivity index (χ3v) is 4.41. The molecule has 2 aromatic heterocycles. The van der Waals surface area contributed by atoms with Crippen molar-refractivity contribution in [2.24, 2.45) is 7.05 Å². The Kier molecular flexibility index (Phi) is 3.54. The Labute approximate surface area is 130 Å². The van der Waals surface area contributed by atoms with Crippen LogP contribution in [0, 0.1) is 0 Å². The van der Waals surface area contributed by atoms with Crippen molar-refractivity contribution in [1.82, 2.24) is 19.7 Å². The van der Waals surface area contributed by atoms with E-state index in [0.29, 0.717) is 12.0 Å². The number of anilines is 1. The summed E-state index contributed by atoms with van der Waals surface area (Å²) in [6.45, 7) is 2.48. The van der Waals surface area contributed by atoms with Crippen molar-refractivity contribution in [3.8, 4) is 0 Å². The maximum absolute atomic E-state index is 5.49. The number of aryl methyl sites for hydroxylation is 1. The molecule has 6 nitrogen and oxygen atoms in total. The lowest BCUT2D eigenvalue weighted by Gasteiger charge is -2.23. The number of aromatic nitrogens is 4. The molecule has 1 atom stereocenters. The first-order valence-electron chi connectivity index (χ1n) is 7.93. The fourth-order valence-corrected chi connectivity index (χ4v) is 3.04. The molecule has 0 radical (unpaired) electrons. The van der Waals surface area contributed by atoms with E-state index in [1.54, 1.807) is 6.33 Å². The van der Waals surface area contributed by atoms with Gasteiger partial charge in [-0.05, 0) is 19.3 Å². The smallest absolute Gasteiger partial charge is 0.132 e. The number of ether oxygens (including phenoxy) is 1. The zero-order valence-electron chi connectivity index (χ0n) is 12.9. The largest absolute Gasteiger partial charge is 0.381 e. The van der Waals surface area contributed by atoms with Gasteiger partial charge in [-0.1, -0.05) is 0 Å². The van der Waals surface area contributed by atoms with Crippen LogP contribution in [0.5, 0.6) is 0 Å². The molecule has 2 fully saturated rings. The molecule has 1 saturated heterocycles. The maximum atomic E-state index is 5.49. The van der Waals surface area contributed by atoms with E-state index in [9.17, 15) is 0 Å². The van der Waals surface area contributed by atoms with Crippen LogP contribution in [0.3, 0.4) is 0 Å². The Balaban J connectivity index is 1.58. The lowest BCUT2D eigenvalue weighted by Crippen LogP contribution is -2.26. The van der Waals surface area contributed by atoms with E-state index in [1.165, 1.54) is 18.4 Å². The number of rotatable bonds is 5. The Morgan fingerprint density at radius 1 is 1.32 bits per heavy atom. The molecule has 22 heavy (non-hydrogen) atoms. The molecule has 1 aliphatic heterocycles. The van der Waals surface area contributed by atoms with Gasteiger partial charge in [-0.15, -0.1) is 0 Å². The molecule has 3 heterocycles. The summed E-state index contributed by atoms with van der Waals surface area (Å²) in [5, 5.41) is 4.26. The van der Waals surface area contributed by atoms with Crippen LogP contribution in [0.4, 0.5) is 5.82 Å². The summed E-state index contributed by atoms with van der Waals surface area (Å²) in [5.41, 5.74) is 2.33. The molecule has 1 unspecified atom stereocenters. The Morgan fingerprint density at radius 2 is 2.23 bits per heavy atom. The predicted molar refractivity (Wildman–Crippen MR) is 82.6 cm³/mol. The van der Waals surface area contributed by atoms with Gasteiger partial charge in [-0.3, -0.25) is 4.68 Å².